The Morgan fingerprint density at radius 1 is 1.29 bits per heavy atom. The molecular formula is C12H8F3N2O4-. The number of nitro groups is 1. The topological polar surface area (TPSA) is 99.1 Å². The number of aryl methyl sites for hydroxylation is 1. The Morgan fingerprint density at radius 3 is 2.48 bits per heavy atom. The Bertz CT molecular complexity index is 721. The summed E-state index contributed by atoms with van der Waals surface area (Å²) in [6.45, 7) is 0. The third kappa shape index (κ3) is 3.12. The number of H-pyrrole nitrogens is 1. The van der Waals surface area contributed by atoms with Gasteiger partial charge in [-0.15, -0.1) is 0 Å². The molecule has 1 N–H and O–H groups in total. The molecule has 0 aliphatic rings. The summed E-state index contributed by atoms with van der Waals surface area (Å²) in [7, 11) is 0. The summed E-state index contributed by atoms with van der Waals surface area (Å²) in [6.07, 6.45) is -5.12. The summed E-state index contributed by atoms with van der Waals surface area (Å²) in [5.41, 5.74) is -1.97. The normalized spacial score (nSPS) is 11.8. The third-order valence-electron chi connectivity index (χ3n) is 2.89. The molecule has 0 unspecified atom stereocenters. The maximum atomic E-state index is 12.8. The van der Waals surface area contributed by atoms with Crippen molar-refractivity contribution in [3.63, 3.8) is 0 Å². The molecule has 0 amide bonds. The van der Waals surface area contributed by atoms with Gasteiger partial charge in [-0.2, -0.15) is 13.2 Å². The first-order chi connectivity index (χ1) is 9.68. The molecule has 9 heteroatoms. The highest BCUT2D eigenvalue weighted by molar-refractivity contribution is 5.84. The van der Waals surface area contributed by atoms with Crippen molar-refractivity contribution in [1.82, 2.24) is 4.98 Å². The maximum Gasteiger partial charge on any atom is 0.423 e. The Balaban J connectivity index is 2.52. The molecule has 0 aliphatic heterocycles. The molecule has 2 rings (SSSR count). The zero-order chi connectivity index (χ0) is 15.8. The van der Waals surface area contributed by atoms with Crippen molar-refractivity contribution in [2.45, 2.75) is 19.0 Å². The number of carboxylic acid groups (broad SMARTS) is 1. The molecule has 0 saturated heterocycles. The van der Waals surface area contributed by atoms with Crippen LogP contribution in [0, 0.1) is 10.1 Å². The molecular weight excluding hydrogens is 293 g/mol. The molecule has 0 atom stereocenters. The number of rotatable bonds is 4. The fourth-order valence-corrected chi connectivity index (χ4v) is 1.98. The fraction of sp³-hybridized carbons (Fsp3) is 0.250. The number of carbonyl (C=O) groups is 1. The van der Waals surface area contributed by atoms with Crippen LogP contribution in [0.3, 0.4) is 0 Å². The fourth-order valence-electron chi connectivity index (χ4n) is 1.98. The first-order valence-electron chi connectivity index (χ1n) is 5.75. The van der Waals surface area contributed by atoms with Crippen LogP contribution in [-0.4, -0.2) is 15.9 Å². The molecule has 21 heavy (non-hydrogen) atoms. The SMILES string of the molecule is O=C([O-])CCc1cc2cc([N+](=O)[O-])c(C(F)(F)F)cc2[nH]1. The van der Waals surface area contributed by atoms with E-state index in [1.165, 1.54) is 6.07 Å². The van der Waals surface area contributed by atoms with Gasteiger partial charge in [-0.3, -0.25) is 10.1 Å². The molecule has 0 saturated carbocycles. The third-order valence-corrected chi connectivity index (χ3v) is 2.89. The number of halogens is 3. The molecule has 112 valence electrons. The second-order valence-electron chi connectivity index (χ2n) is 4.38. The van der Waals surface area contributed by atoms with Crippen molar-refractivity contribution >= 4 is 22.6 Å². The molecule has 0 spiro atoms. The standard InChI is InChI=1S/C12H9F3N2O4/c13-12(14,15)8-5-9-6(4-10(8)17(20)21)3-7(16-9)1-2-11(18)19/h3-5,16H,1-2H2,(H,18,19)/p-1. The van der Waals surface area contributed by atoms with Crippen LogP contribution in [-0.2, 0) is 17.4 Å². The van der Waals surface area contributed by atoms with E-state index in [1.807, 2.05) is 0 Å². The molecule has 1 aromatic carbocycles. The maximum absolute atomic E-state index is 12.8. The molecule has 0 bridgehead atoms. The van der Waals surface area contributed by atoms with E-state index in [1.54, 1.807) is 0 Å². The van der Waals surface area contributed by atoms with Crippen molar-refractivity contribution in [1.29, 1.82) is 0 Å². The lowest BCUT2D eigenvalue weighted by molar-refractivity contribution is -0.387. The first-order valence-corrected chi connectivity index (χ1v) is 5.75. The number of nitrogens with one attached hydrogen (secondary N) is 1. The van der Waals surface area contributed by atoms with Crippen LogP contribution in [0.1, 0.15) is 17.7 Å². The monoisotopic (exact) mass is 301 g/mol. The highest BCUT2D eigenvalue weighted by Gasteiger charge is 2.38. The van der Waals surface area contributed by atoms with Gasteiger partial charge in [-0.1, -0.05) is 0 Å². The van der Waals surface area contributed by atoms with E-state index in [0.717, 1.165) is 6.07 Å². The molecule has 6 nitrogen and oxygen atoms in total. The number of hydrogen-bond donors (Lipinski definition) is 1. The van der Waals surface area contributed by atoms with Gasteiger partial charge in [-0.05, 0) is 25.0 Å². The van der Waals surface area contributed by atoms with Gasteiger partial charge < -0.3 is 14.9 Å². The largest absolute Gasteiger partial charge is 0.550 e. The molecule has 0 aliphatic carbocycles. The molecule has 1 aromatic heterocycles. The minimum absolute atomic E-state index is 0.0339. The molecule has 1 heterocycles. The summed E-state index contributed by atoms with van der Waals surface area (Å²) in [6, 6.07) is 2.85. The number of alkyl halides is 3. The Hall–Kier alpha value is -2.58. The van der Waals surface area contributed by atoms with E-state index in [9.17, 15) is 33.2 Å². The van der Waals surface area contributed by atoms with E-state index in [0.29, 0.717) is 11.8 Å². The summed E-state index contributed by atoms with van der Waals surface area (Å²) in [4.78, 5) is 22.6. The number of nitrogens with zero attached hydrogens (tertiary/aromatic N) is 1. The summed E-state index contributed by atoms with van der Waals surface area (Å²) in [5.74, 6) is -1.30. The van der Waals surface area contributed by atoms with Crippen LogP contribution in [0.4, 0.5) is 18.9 Å². The van der Waals surface area contributed by atoms with E-state index in [2.05, 4.69) is 4.98 Å². The number of carbonyl (C=O) groups excluding carboxylic acids is 1. The lowest BCUT2D eigenvalue weighted by Gasteiger charge is -2.07. The second-order valence-corrected chi connectivity index (χ2v) is 4.38. The molecule has 0 fully saturated rings. The van der Waals surface area contributed by atoms with Gasteiger partial charge in [-0.25, -0.2) is 0 Å². The smallest absolute Gasteiger partial charge is 0.423 e. The minimum atomic E-state index is -4.85. The van der Waals surface area contributed by atoms with Gasteiger partial charge in [0.25, 0.3) is 5.69 Å². The lowest BCUT2D eigenvalue weighted by atomic mass is 10.1. The van der Waals surface area contributed by atoms with Crippen molar-refractivity contribution in [3.8, 4) is 0 Å². The van der Waals surface area contributed by atoms with Crippen molar-refractivity contribution in [3.05, 3.63) is 39.6 Å². The van der Waals surface area contributed by atoms with E-state index >= 15 is 0 Å². The Labute approximate surface area is 115 Å². The predicted octanol–water partition coefficient (Wildman–Crippen LogP) is 1.78. The van der Waals surface area contributed by atoms with Gasteiger partial charge in [0, 0.05) is 28.6 Å². The van der Waals surface area contributed by atoms with Crippen LogP contribution >= 0.6 is 0 Å². The summed E-state index contributed by atoms with van der Waals surface area (Å²) < 4.78 is 38.4. The average Bonchev–Trinajstić information content (AvgIpc) is 2.75. The lowest BCUT2D eigenvalue weighted by Crippen LogP contribution is -2.22. The number of benzene rings is 1. The molecule has 2 aromatic rings. The van der Waals surface area contributed by atoms with Crippen LogP contribution in [0.2, 0.25) is 0 Å². The molecule has 0 radical (unpaired) electrons. The predicted molar refractivity (Wildman–Crippen MR) is 63.3 cm³/mol. The number of aliphatic carboxylic acids is 1. The number of aromatic nitrogens is 1. The van der Waals surface area contributed by atoms with Crippen molar-refractivity contribution in [2.24, 2.45) is 0 Å². The van der Waals surface area contributed by atoms with Crippen molar-refractivity contribution in [2.75, 3.05) is 0 Å². The van der Waals surface area contributed by atoms with E-state index < -0.39 is 28.3 Å². The zero-order valence-corrected chi connectivity index (χ0v) is 10.4. The summed E-state index contributed by atoms with van der Waals surface area (Å²) >= 11 is 0. The van der Waals surface area contributed by atoms with Crippen LogP contribution in [0.25, 0.3) is 10.9 Å². The average molecular weight is 301 g/mol. The highest BCUT2D eigenvalue weighted by atomic mass is 19.4. The number of aromatic amines is 1. The zero-order valence-electron chi connectivity index (χ0n) is 10.4. The number of carboxylic acids is 1. The van der Waals surface area contributed by atoms with Gasteiger partial charge in [0.05, 0.1) is 4.92 Å². The van der Waals surface area contributed by atoms with Crippen molar-refractivity contribution < 1.29 is 28.0 Å². The summed E-state index contributed by atoms with van der Waals surface area (Å²) in [5, 5.41) is 21.3. The number of fused-ring (bicyclic) bond motifs is 1. The van der Waals surface area contributed by atoms with Gasteiger partial charge >= 0.3 is 6.18 Å². The highest BCUT2D eigenvalue weighted by Crippen LogP contribution is 2.38. The quantitative estimate of drug-likeness (QED) is 0.687. The van der Waals surface area contributed by atoms with Gasteiger partial charge in [0.2, 0.25) is 0 Å². The first kappa shape index (κ1) is 14.8. The van der Waals surface area contributed by atoms with Crippen LogP contribution in [0.15, 0.2) is 18.2 Å². The Morgan fingerprint density at radius 2 is 1.95 bits per heavy atom. The minimum Gasteiger partial charge on any atom is -0.550 e. The second kappa shape index (κ2) is 5.08. The number of hydrogen-bond acceptors (Lipinski definition) is 4. The van der Waals surface area contributed by atoms with E-state index in [-0.39, 0.29) is 23.7 Å². The van der Waals surface area contributed by atoms with E-state index in [4.69, 9.17) is 0 Å². The van der Waals surface area contributed by atoms with Gasteiger partial charge in [0.1, 0.15) is 5.56 Å². The Kier molecular flexibility index (Phi) is 3.58. The number of nitro benzene ring substituents is 1. The van der Waals surface area contributed by atoms with Crippen LogP contribution in [0.5, 0.6) is 0 Å². The van der Waals surface area contributed by atoms with Crippen LogP contribution < -0.4 is 5.11 Å². The van der Waals surface area contributed by atoms with Gasteiger partial charge in [0.15, 0.2) is 0 Å².